The van der Waals surface area contributed by atoms with E-state index in [9.17, 15) is 18.3 Å². The molecular formula is C29H45ClN2O6SSi. The van der Waals surface area contributed by atoms with E-state index in [-0.39, 0.29) is 17.3 Å². The quantitative estimate of drug-likeness (QED) is 0.240. The maximum Gasteiger partial charge on any atom is 0.428 e. The number of sulfonamides is 1. The maximum atomic E-state index is 13.1. The van der Waals surface area contributed by atoms with E-state index in [0.717, 1.165) is 30.0 Å². The number of halogens is 1. The average Bonchev–Trinajstić information content (AvgIpc) is 2.87. The molecule has 0 radical (unpaired) electrons. The minimum absolute atomic E-state index is 0.0121. The van der Waals surface area contributed by atoms with Crippen LogP contribution in [0.4, 0.5) is 10.5 Å². The van der Waals surface area contributed by atoms with E-state index in [1.54, 1.807) is 32.9 Å². The van der Waals surface area contributed by atoms with Gasteiger partial charge in [0.1, 0.15) is 5.60 Å². The number of hydrogen-bond donors (Lipinski definition) is 1. The van der Waals surface area contributed by atoms with Crippen molar-refractivity contribution in [2.24, 2.45) is 0 Å². The second kappa shape index (κ2) is 14.8. The van der Waals surface area contributed by atoms with Gasteiger partial charge in [0.05, 0.1) is 29.7 Å². The summed E-state index contributed by atoms with van der Waals surface area (Å²) in [5.74, 6) is 0. The molecule has 1 amide bonds. The van der Waals surface area contributed by atoms with E-state index in [4.69, 9.17) is 20.8 Å². The summed E-state index contributed by atoms with van der Waals surface area (Å²) < 4.78 is 38.7. The molecule has 0 aliphatic rings. The van der Waals surface area contributed by atoms with Gasteiger partial charge in [0.15, 0.2) is 8.32 Å². The topological polar surface area (TPSA) is 96.4 Å². The van der Waals surface area contributed by atoms with Crippen LogP contribution >= 0.6 is 11.6 Å². The van der Waals surface area contributed by atoms with Gasteiger partial charge in [-0.1, -0.05) is 68.8 Å². The van der Waals surface area contributed by atoms with Gasteiger partial charge in [-0.3, -0.25) is 4.90 Å². The van der Waals surface area contributed by atoms with Crippen LogP contribution in [0.15, 0.2) is 48.5 Å². The molecule has 40 heavy (non-hydrogen) atoms. The number of carbonyl (C=O) groups excluding carboxylic acids is 1. The highest BCUT2D eigenvalue weighted by molar-refractivity contribution is 7.92. The number of rotatable bonds is 14. The first-order valence-electron chi connectivity index (χ1n) is 13.8. The van der Waals surface area contributed by atoms with E-state index in [1.165, 1.54) is 0 Å². The van der Waals surface area contributed by atoms with Crippen molar-refractivity contribution in [3.8, 4) is 0 Å². The number of aliphatic hydroxyl groups is 1. The van der Waals surface area contributed by atoms with Gasteiger partial charge in [-0.2, -0.15) is 4.31 Å². The Morgan fingerprint density at radius 2 is 1.65 bits per heavy atom. The zero-order chi connectivity index (χ0) is 30.1. The third kappa shape index (κ3) is 9.85. The SMILES string of the molecule is CC[Si](CC)(CC)O[C@@H](CN(CCO)Cc1ccccc1)c1ccc(Cl)c(N(C(=O)OC(C)(C)C)S(C)(=O)=O)c1. The Balaban J connectivity index is 2.62. The molecule has 0 spiro atoms. The van der Waals surface area contributed by atoms with E-state index < -0.39 is 36.1 Å². The number of benzene rings is 2. The fraction of sp³-hybridized carbons (Fsp3) is 0.552. The van der Waals surface area contributed by atoms with Crippen LogP contribution in [0.1, 0.15) is 58.8 Å². The number of anilines is 1. The summed E-state index contributed by atoms with van der Waals surface area (Å²) in [7, 11) is -6.22. The highest BCUT2D eigenvalue weighted by atomic mass is 35.5. The van der Waals surface area contributed by atoms with E-state index in [1.807, 2.05) is 36.4 Å². The molecule has 224 valence electrons. The van der Waals surface area contributed by atoms with Crippen LogP contribution in [0.3, 0.4) is 0 Å². The molecule has 2 rings (SSSR count). The molecule has 2 aromatic carbocycles. The summed E-state index contributed by atoms with van der Waals surface area (Å²) in [5.41, 5.74) is 0.898. The lowest BCUT2D eigenvalue weighted by Gasteiger charge is -2.36. The lowest BCUT2D eigenvalue weighted by Crippen LogP contribution is -2.42. The second-order valence-corrected chi connectivity index (χ2v) is 18.0. The highest BCUT2D eigenvalue weighted by Crippen LogP contribution is 2.36. The molecule has 0 bridgehead atoms. The van der Waals surface area contributed by atoms with E-state index in [0.29, 0.717) is 29.5 Å². The Morgan fingerprint density at radius 3 is 2.15 bits per heavy atom. The van der Waals surface area contributed by atoms with Crippen molar-refractivity contribution in [2.75, 3.05) is 30.3 Å². The van der Waals surface area contributed by atoms with Crippen molar-refractivity contribution < 1.29 is 27.5 Å². The number of nitrogens with zero attached hydrogens (tertiary/aromatic N) is 2. The van der Waals surface area contributed by atoms with Gasteiger partial charge < -0.3 is 14.3 Å². The van der Waals surface area contributed by atoms with Crippen molar-refractivity contribution in [1.82, 2.24) is 4.90 Å². The Bertz CT molecular complexity index is 1190. The molecule has 1 N–H and O–H groups in total. The summed E-state index contributed by atoms with van der Waals surface area (Å²) >= 11 is 6.51. The first kappa shape index (κ1) is 34.2. The molecule has 0 saturated carbocycles. The first-order valence-corrected chi connectivity index (χ1v) is 18.5. The van der Waals surface area contributed by atoms with Crippen molar-refractivity contribution in [1.29, 1.82) is 0 Å². The molecule has 0 fully saturated rings. The molecule has 2 aromatic rings. The Kier molecular flexibility index (Phi) is 12.7. The summed E-state index contributed by atoms with van der Waals surface area (Å²) in [6.45, 7) is 12.9. The molecule has 1 atom stereocenters. The lowest BCUT2D eigenvalue weighted by atomic mass is 10.1. The van der Waals surface area contributed by atoms with Gasteiger partial charge in [-0.05, 0) is 62.2 Å². The van der Waals surface area contributed by atoms with Gasteiger partial charge in [0.25, 0.3) is 0 Å². The predicted molar refractivity (Wildman–Crippen MR) is 165 cm³/mol. The lowest BCUT2D eigenvalue weighted by molar-refractivity contribution is 0.0608. The summed E-state index contributed by atoms with van der Waals surface area (Å²) in [4.78, 5) is 15.2. The molecule has 0 unspecified atom stereocenters. The molecule has 0 aliphatic heterocycles. The van der Waals surface area contributed by atoms with Crippen LogP contribution in [0, 0.1) is 0 Å². The standard InChI is InChI=1S/C29H45ClN2O6SSi/c1-8-40(9-2,10-3)38-27(22-31(18-19-33)21-23-14-12-11-13-15-23)24-16-17-25(30)26(20-24)32(39(7,35)36)28(34)37-29(4,5)6/h11-17,20,27,33H,8-10,18-19,21-22H2,1-7H3/t27-/m0/s1. The number of amides is 1. The molecule has 0 saturated heterocycles. The van der Waals surface area contributed by atoms with Crippen LogP contribution < -0.4 is 4.31 Å². The normalized spacial score (nSPS) is 13.3. The number of ether oxygens (including phenoxy) is 1. The zero-order valence-electron chi connectivity index (χ0n) is 24.8. The average molecular weight is 613 g/mol. The molecule has 0 heterocycles. The summed E-state index contributed by atoms with van der Waals surface area (Å²) in [5, 5.41) is 9.95. The van der Waals surface area contributed by atoms with Gasteiger partial charge in [0.2, 0.25) is 10.0 Å². The van der Waals surface area contributed by atoms with Crippen molar-refractivity contribution in [3.63, 3.8) is 0 Å². The Morgan fingerprint density at radius 1 is 1.05 bits per heavy atom. The number of aliphatic hydroxyl groups excluding tert-OH is 1. The van der Waals surface area contributed by atoms with Gasteiger partial charge in [-0.15, -0.1) is 0 Å². The third-order valence-electron chi connectivity index (χ3n) is 6.87. The van der Waals surface area contributed by atoms with Crippen LogP contribution in [0.5, 0.6) is 0 Å². The summed E-state index contributed by atoms with van der Waals surface area (Å²) in [6, 6.07) is 17.8. The van der Waals surface area contributed by atoms with E-state index in [2.05, 4.69) is 25.7 Å². The van der Waals surface area contributed by atoms with Crippen LogP contribution in [0.2, 0.25) is 23.2 Å². The maximum absolute atomic E-state index is 13.1. The van der Waals surface area contributed by atoms with Crippen LogP contribution in [-0.4, -0.2) is 64.4 Å². The number of hydrogen-bond acceptors (Lipinski definition) is 7. The molecule has 0 aliphatic carbocycles. The predicted octanol–water partition coefficient (Wildman–Crippen LogP) is 6.60. The molecular weight excluding hydrogens is 568 g/mol. The largest absolute Gasteiger partial charge is 0.443 e. The summed E-state index contributed by atoms with van der Waals surface area (Å²) in [6.07, 6.45) is -0.533. The van der Waals surface area contributed by atoms with Gasteiger partial charge in [-0.25, -0.2) is 13.2 Å². The van der Waals surface area contributed by atoms with Gasteiger partial charge in [0, 0.05) is 19.6 Å². The second-order valence-electron chi connectivity index (χ2n) is 11.0. The third-order valence-corrected chi connectivity index (χ3v) is 12.8. The Labute approximate surface area is 246 Å². The minimum atomic E-state index is -4.08. The fourth-order valence-electron chi connectivity index (χ4n) is 4.57. The molecule has 8 nitrogen and oxygen atoms in total. The Hall–Kier alpha value is -1.95. The van der Waals surface area contributed by atoms with Crippen molar-refractivity contribution in [2.45, 2.75) is 77.9 Å². The first-order chi connectivity index (χ1) is 18.7. The smallest absolute Gasteiger partial charge is 0.428 e. The monoisotopic (exact) mass is 612 g/mol. The fourth-order valence-corrected chi connectivity index (χ4v) is 8.45. The van der Waals surface area contributed by atoms with Crippen LogP contribution in [-0.2, 0) is 25.7 Å². The zero-order valence-corrected chi connectivity index (χ0v) is 27.4. The van der Waals surface area contributed by atoms with Crippen molar-refractivity contribution in [3.05, 3.63) is 64.7 Å². The molecule has 11 heteroatoms. The van der Waals surface area contributed by atoms with Crippen LogP contribution in [0.25, 0.3) is 0 Å². The van der Waals surface area contributed by atoms with Gasteiger partial charge >= 0.3 is 6.09 Å². The van der Waals surface area contributed by atoms with Crippen molar-refractivity contribution >= 4 is 41.7 Å². The highest BCUT2D eigenvalue weighted by Gasteiger charge is 2.36. The minimum Gasteiger partial charge on any atom is -0.443 e. The molecule has 0 aromatic heterocycles. The number of carbonyl (C=O) groups is 1. The van der Waals surface area contributed by atoms with E-state index >= 15 is 0 Å².